The van der Waals surface area contributed by atoms with Crippen LogP contribution < -0.4 is 14.8 Å². The average molecular weight is 328 g/mol. The molecule has 2 aromatic rings. The van der Waals surface area contributed by atoms with Crippen molar-refractivity contribution >= 4 is 11.9 Å². The lowest BCUT2D eigenvalue weighted by molar-refractivity contribution is -0.129. The molecule has 24 heavy (non-hydrogen) atoms. The molecule has 1 atom stereocenters. The predicted molar refractivity (Wildman–Crippen MR) is 83.5 cm³/mol. The number of carbonyl (C=O) groups excluding carboxylic acids is 2. The van der Waals surface area contributed by atoms with Crippen molar-refractivity contribution in [3.05, 3.63) is 53.9 Å². The molecular weight excluding hydrogens is 312 g/mol. The van der Waals surface area contributed by atoms with Gasteiger partial charge in [-0.1, -0.05) is 6.07 Å². The first-order valence-electron chi connectivity index (χ1n) is 7.41. The van der Waals surface area contributed by atoms with Crippen LogP contribution in [-0.4, -0.2) is 29.8 Å². The molecule has 7 nitrogen and oxygen atoms in total. The van der Waals surface area contributed by atoms with E-state index in [1.165, 1.54) is 31.5 Å². The van der Waals surface area contributed by atoms with Gasteiger partial charge in [0.25, 0.3) is 5.91 Å². The first kappa shape index (κ1) is 15.8. The second-order valence-electron chi connectivity index (χ2n) is 5.19. The van der Waals surface area contributed by atoms with Gasteiger partial charge in [-0.2, -0.15) is 0 Å². The first-order chi connectivity index (χ1) is 11.6. The van der Waals surface area contributed by atoms with Crippen LogP contribution in [0, 0.1) is 0 Å². The zero-order valence-corrected chi connectivity index (χ0v) is 13.0. The number of nitrogens with one attached hydrogen (secondary N) is 1. The van der Waals surface area contributed by atoms with E-state index >= 15 is 0 Å². The van der Waals surface area contributed by atoms with Gasteiger partial charge in [0.05, 0.1) is 5.56 Å². The molecule has 0 aliphatic carbocycles. The maximum atomic E-state index is 12.1. The van der Waals surface area contributed by atoms with E-state index in [-0.39, 0.29) is 12.7 Å². The summed E-state index contributed by atoms with van der Waals surface area (Å²) in [7, 11) is 0. The lowest BCUT2D eigenvalue weighted by Crippen LogP contribution is -2.35. The Hall–Kier alpha value is -3.09. The highest BCUT2D eigenvalue weighted by Crippen LogP contribution is 2.32. The van der Waals surface area contributed by atoms with Crippen LogP contribution in [0.3, 0.4) is 0 Å². The van der Waals surface area contributed by atoms with Crippen LogP contribution in [0.2, 0.25) is 0 Å². The minimum absolute atomic E-state index is 0.202. The molecule has 1 aromatic heterocycles. The normalized spacial score (nSPS) is 13.2. The van der Waals surface area contributed by atoms with Crippen molar-refractivity contribution in [3.63, 3.8) is 0 Å². The monoisotopic (exact) mass is 328 g/mol. The predicted octanol–water partition coefficient (Wildman–Crippen LogP) is 1.67. The fourth-order valence-corrected chi connectivity index (χ4v) is 2.15. The molecule has 0 fully saturated rings. The topological polar surface area (TPSA) is 86.8 Å². The third kappa shape index (κ3) is 3.62. The molecule has 0 saturated carbocycles. The molecule has 1 aliphatic rings. The number of fused-ring (bicyclic) bond motifs is 1. The van der Waals surface area contributed by atoms with Crippen molar-refractivity contribution in [2.24, 2.45) is 0 Å². The Morgan fingerprint density at radius 2 is 1.96 bits per heavy atom. The minimum Gasteiger partial charge on any atom is -0.454 e. The Labute approximate surface area is 138 Å². The molecule has 0 bridgehead atoms. The van der Waals surface area contributed by atoms with Gasteiger partial charge in [0, 0.05) is 18.9 Å². The number of hydrogen-bond acceptors (Lipinski definition) is 6. The summed E-state index contributed by atoms with van der Waals surface area (Å²) in [4.78, 5) is 27.8. The number of aromatic nitrogens is 1. The molecule has 0 saturated heterocycles. The Morgan fingerprint density at radius 3 is 2.75 bits per heavy atom. The van der Waals surface area contributed by atoms with Gasteiger partial charge in [0.15, 0.2) is 17.6 Å². The van der Waals surface area contributed by atoms with Crippen molar-refractivity contribution in [1.29, 1.82) is 0 Å². The van der Waals surface area contributed by atoms with E-state index in [9.17, 15) is 9.59 Å². The van der Waals surface area contributed by atoms with E-state index in [1.807, 2.05) is 6.07 Å². The van der Waals surface area contributed by atoms with Crippen LogP contribution in [0.4, 0.5) is 0 Å². The number of hydrogen-bond donors (Lipinski definition) is 1. The third-order valence-electron chi connectivity index (χ3n) is 3.47. The Kier molecular flexibility index (Phi) is 4.60. The number of nitrogens with zero attached hydrogens (tertiary/aromatic N) is 1. The highest BCUT2D eigenvalue weighted by molar-refractivity contribution is 5.92. The van der Waals surface area contributed by atoms with E-state index < -0.39 is 12.1 Å². The van der Waals surface area contributed by atoms with Gasteiger partial charge in [-0.15, -0.1) is 0 Å². The molecule has 1 N–H and O–H groups in total. The number of carbonyl (C=O) groups is 2. The van der Waals surface area contributed by atoms with E-state index in [4.69, 9.17) is 14.2 Å². The standard InChI is InChI=1S/C17H16N2O5/c1-11(24-17(21)13-4-6-18-7-5-13)16(20)19-9-12-2-3-14-15(8-12)23-10-22-14/h2-8,11H,9-10H2,1H3,(H,19,20)/t11-/m0/s1. The lowest BCUT2D eigenvalue weighted by atomic mass is 10.2. The number of esters is 1. The van der Waals surface area contributed by atoms with Gasteiger partial charge in [-0.3, -0.25) is 9.78 Å². The summed E-state index contributed by atoms with van der Waals surface area (Å²) in [6, 6.07) is 8.48. The van der Waals surface area contributed by atoms with Crippen molar-refractivity contribution in [3.8, 4) is 11.5 Å². The van der Waals surface area contributed by atoms with E-state index in [0.29, 0.717) is 23.6 Å². The molecule has 0 radical (unpaired) electrons. The van der Waals surface area contributed by atoms with Crippen molar-refractivity contribution in [2.45, 2.75) is 19.6 Å². The average Bonchev–Trinajstić information content (AvgIpc) is 3.08. The maximum Gasteiger partial charge on any atom is 0.339 e. The summed E-state index contributed by atoms with van der Waals surface area (Å²) in [6.45, 7) is 2.02. The summed E-state index contributed by atoms with van der Waals surface area (Å²) >= 11 is 0. The Morgan fingerprint density at radius 1 is 1.21 bits per heavy atom. The molecule has 0 spiro atoms. The number of pyridine rings is 1. The summed E-state index contributed by atoms with van der Waals surface area (Å²) in [6.07, 6.45) is 2.07. The largest absolute Gasteiger partial charge is 0.454 e. The molecule has 1 aromatic carbocycles. The molecule has 0 unspecified atom stereocenters. The van der Waals surface area contributed by atoms with E-state index in [2.05, 4.69) is 10.3 Å². The second kappa shape index (κ2) is 6.99. The van der Waals surface area contributed by atoms with Crippen LogP contribution in [0.25, 0.3) is 0 Å². The summed E-state index contributed by atoms with van der Waals surface area (Å²) < 4.78 is 15.7. The van der Waals surface area contributed by atoms with Gasteiger partial charge in [-0.05, 0) is 36.8 Å². The number of benzene rings is 1. The van der Waals surface area contributed by atoms with Crippen LogP contribution in [0.5, 0.6) is 11.5 Å². The quantitative estimate of drug-likeness (QED) is 0.840. The van der Waals surface area contributed by atoms with Crippen molar-refractivity contribution < 1.29 is 23.8 Å². The zero-order valence-electron chi connectivity index (χ0n) is 13.0. The smallest absolute Gasteiger partial charge is 0.339 e. The molecule has 1 aliphatic heterocycles. The second-order valence-corrected chi connectivity index (χ2v) is 5.19. The van der Waals surface area contributed by atoms with Gasteiger partial charge >= 0.3 is 5.97 Å². The Balaban J connectivity index is 1.52. The first-order valence-corrected chi connectivity index (χ1v) is 7.41. The summed E-state index contributed by atoms with van der Waals surface area (Å²) in [5.41, 5.74) is 1.21. The van der Waals surface area contributed by atoms with Crippen LogP contribution in [-0.2, 0) is 16.1 Å². The summed E-state index contributed by atoms with van der Waals surface area (Å²) in [5, 5.41) is 2.72. The van der Waals surface area contributed by atoms with Crippen molar-refractivity contribution in [2.75, 3.05) is 6.79 Å². The molecular formula is C17H16N2O5. The highest BCUT2D eigenvalue weighted by Gasteiger charge is 2.19. The fraction of sp³-hybridized carbons (Fsp3) is 0.235. The van der Waals surface area contributed by atoms with Crippen LogP contribution >= 0.6 is 0 Å². The third-order valence-corrected chi connectivity index (χ3v) is 3.47. The molecule has 7 heteroatoms. The minimum atomic E-state index is -0.903. The Bertz CT molecular complexity index is 748. The highest BCUT2D eigenvalue weighted by atomic mass is 16.7. The van der Waals surface area contributed by atoms with Gasteiger partial charge in [0.1, 0.15) is 0 Å². The fourth-order valence-electron chi connectivity index (χ4n) is 2.15. The van der Waals surface area contributed by atoms with Gasteiger partial charge in [-0.25, -0.2) is 4.79 Å². The SMILES string of the molecule is C[C@H](OC(=O)c1ccncc1)C(=O)NCc1ccc2c(c1)OCO2. The van der Waals surface area contributed by atoms with E-state index in [0.717, 1.165) is 5.56 Å². The zero-order chi connectivity index (χ0) is 16.9. The lowest BCUT2D eigenvalue weighted by Gasteiger charge is -2.13. The maximum absolute atomic E-state index is 12.1. The molecule has 124 valence electrons. The van der Waals surface area contributed by atoms with Crippen LogP contribution in [0.1, 0.15) is 22.8 Å². The van der Waals surface area contributed by atoms with E-state index in [1.54, 1.807) is 12.1 Å². The number of rotatable bonds is 5. The molecule has 1 amide bonds. The molecule has 2 heterocycles. The molecule has 3 rings (SSSR count). The van der Waals surface area contributed by atoms with Crippen LogP contribution in [0.15, 0.2) is 42.7 Å². The summed E-state index contributed by atoms with van der Waals surface area (Å²) in [5.74, 6) is 0.391. The van der Waals surface area contributed by atoms with Gasteiger partial charge < -0.3 is 19.5 Å². The van der Waals surface area contributed by atoms with Crippen molar-refractivity contribution in [1.82, 2.24) is 10.3 Å². The number of ether oxygens (including phenoxy) is 3. The number of amides is 1. The van der Waals surface area contributed by atoms with Gasteiger partial charge in [0.2, 0.25) is 6.79 Å².